The first-order chi connectivity index (χ1) is 8.70. The van der Waals surface area contributed by atoms with Gasteiger partial charge in [0.05, 0.1) is 0 Å². The van der Waals surface area contributed by atoms with Crippen LogP contribution in [0.4, 0.5) is 4.79 Å². The minimum Gasteiger partial charge on any atom is -0.480 e. The van der Waals surface area contributed by atoms with E-state index in [1.807, 2.05) is 13.8 Å². The van der Waals surface area contributed by atoms with Crippen molar-refractivity contribution in [2.45, 2.75) is 52.2 Å². The molecule has 0 aromatic heterocycles. The second kappa shape index (κ2) is 7.60. The number of amides is 3. The molecule has 19 heavy (non-hydrogen) atoms. The molecule has 0 fully saturated rings. The Morgan fingerprint density at radius 3 is 2.05 bits per heavy atom. The van der Waals surface area contributed by atoms with Crippen molar-refractivity contribution < 1.29 is 19.5 Å². The van der Waals surface area contributed by atoms with Gasteiger partial charge in [-0.3, -0.25) is 4.79 Å². The molecule has 7 nitrogen and oxygen atoms in total. The summed E-state index contributed by atoms with van der Waals surface area (Å²) in [7, 11) is 1.39. The lowest BCUT2D eigenvalue weighted by atomic mass is 10.2. The molecule has 0 radical (unpaired) electrons. The largest absolute Gasteiger partial charge is 0.480 e. The number of nitrogens with one attached hydrogen (secondary N) is 2. The maximum Gasteiger partial charge on any atom is 0.326 e. The molecule has 0 aromatic carbocycles. The van der Waals surface area contributed by atoms with E-state index in [2.05, 4.69) is 10.6 Å². The van der Waals surface area contributed by atoms with Gasteiger partial charge in [0.25, 0.3) is 0 Å². The Morgan fingerprint density at radius 2 is 1.68 bits per heavy atom. The Morgan fingerprint density at radius 1 is 1.16 bits per heavy atom. The fourth-order valence-corrected chi connectivity index (χ4v) is 1.52. The van der Waals surface area contributed by atoms with Crippen LogP contribution in [0, 0.1) is 0 Å². The smallest absolute Gasteiger partial charge is 0.326 e. The highest BCUT2D eigenvalue weighted by Gasteiger charge is 2.26. The van der Waals surface area contributed by atoms with Gasteiger partial charge < -0.3 is 20.6 Å². The zero-order chi connectivity index (χ0) is 15.2. The first-order valence-corrected chi connectivity index (χ1v) is 6.27. The fourth-order valence-electron chi connectivity index (χ4n) is 1.52. The predicted molar refractivity (Wildman–Crippen MR) is 70.8 cm³/mol. The van der Waals surface area contributed by atoms with Crippen molar-refractivity contribution in [2.75, 3.05) is 7.05 Å². The molecule has 2 atom stereocenters. The third-order valence-electron chi connectivity index (χ3n) is 2.62. The van der Waals surface area contributed by atoms with Crippen molar-refractivity contribution >= 4 is 17.9 Å². The van der Waals surface area contributed by atoms with Crippen molar-refractivity contribution in [2.24, 2.45) is 0 Å². The molecule has 0 bridgehead atoms. The molecule has 3 N–H and O–H groups in total. The van der Waals surface area contributed by atoms with Gasteiger partial charge in [0.2, 0.25) is 5.91 Å². The van der Waals surface area contributed by atoms with Gasteiger partial charge in [0.15, 0.2) is 0 Å². The Bertz CT molecular complexity index is 344. The summed E-state index contributed by atoms with van der Waals surface area (Å²) in [6.07, 6.45) is 0.297. The maximum atomic E-state index is 11.8. The second-order valence-corrected chi connectivity index (χ2v) is 4.71. The van der Waals surface area contributed by atoms with E-state index in [1.54, 1.807) is 13.8 Å². The van der Waals surface area contributed by atoms with Crippen LogP contribution in [0.5, 0.6) is 0 Å². The van der Waals surface area contributed by atoms with E-state index in [9.17, 15) is 14.4 Å². The van der Waals surface area contributed by atoms with Gasteiger partial charge in [-0.25, -0.2) is 9.59 Å². The van der Waals surface area contributed by atoms with Crippen LogP contribution < -0.4 is 10.6 Å². The average molecular weight is 273 g/mol. The number of carbonyl (C=O) groups excluding carboxylic acids is 2. The van der Waals surface area contributed by atoms with Crippen LogP contribution in [0.15, 0.2) is 0 Å². The minimum absolute atomic E-state index is 0.0213. The topological polar surface area (TPSA) is 98.7 Å². The molecule has 0 spiro atoms. The highest BCUT2D eigenvalue weighted by atomic mass is 16.4. The van der Waals surface area contributed by atoms with Crippen LogP contribution in [-0.4, -0.2) is 53.1 Å². The van der Waals surface area contributed by atoms with Crippen molar-refractivity contribution in [3.05, 3.63) is 0 Å². The van der Waals surface area contributed by atoms with Gasteiger partial charge in [-0.1, -0.05) is 6.92 Å². The molecule has 0 aliphatic carbocycles. The van der Waals surface area contributed by atoms with Gasteiger partial charge in [-0.2, -0.15) is 0 Å². The summed E-state index contributed by atoms with van der Waals surface area (Å²) in [6, 6.07) is -2.23. The van der Waals surface area contributed by atoms with E-state index in [-0.39, 0.29) is 11.9 Å². The summed E-state index contributed by atoms with van der Waals surface area (Å²) in [5.41, 5.74) is 0. The number of urea groups is 1. The first kappa shape index (κ1) is 17.2. The Balaban J connectivity index is 4.51. The SMILES string of the molecule is CCC(C(=O)O)N(C)C(=O)NC(C)C(=O)NC(C)C. The maximum absolute atomic E-state index is 11.8. The van der Waals surface area contributed by atoms with Crippen LogP contribution in [0.1, 0.15) is 34.1 Å². The number of carboxylic acid groups (broad SMARTS) is 1. The third-order valence-corrected chi connectivity index (χ3v) is 2.62. The van der Waals surface area contributed by atoms with E-state index in [0.29, 0.717) is 6.42 Å². The summed E-state index contributed by atoms with van der Waals surface area (Å²) >= 11 is 0. The summed E-state index contributed by atoms with van der Waals surface area (Å²) in [4.78, 5) is 35.5. The summed E-state index contributed by atoms with van der Waals surface area (Å²) < 4.78 is 0. The molecule has 0 saturated carbocycles. The van der Waals surface area contributed by atoms with Crippen LogP contribution in [0.25, 0.3) is 0 Å². The number of hydrogen-bond acceptors (Lipinski definition) is 3. The number of likely N-dealkylation sites (N-methyl/N-ethyl adjacent to an activating group) is 1. The predicted octanol–water partition coefficient (Wildman–Crippen LogP) is 0.404. The highest BCUT2D eigenvalue weighted by molar-refractivity contribution is 5.88. The summed E-state index contributed by atoms with van der Waals surface area (Å²) in [5, 5.41) is 14.1. The number of rotatable bonds is 6. The number of carbonyl (C=O) groups is 3. The van der Waals surface area contributed by atoms with E-state index >= 15 is 0 Å². The third kappa shape index (κ3) is 5.58. The minimum atomic E-state index is -1.07. The van der Waals surface area contributed by atoms with E-state index < -0.39 is 24.1 Å². The Labute approximate surface area is 113 Å². The van der Waals surface area contributed by atoms with E-state index in [0.717, 1.165) is 4.90 Å². The molecule has 3 amide bonds. The highest BCUT2D eigenvalue weighted by Crippen LogP contribution is 2.02. The Kier molecular flexibility index (Phi) is 6.89. The quantitative estimate of drug-likeness (QED) is 0.652. The summed E-state index contributed by atoms with van der Waals surface area (Å²) in [6.45, 7) is 6.86. The van der Waals surface area contributed by atoms with Crippen molar-refractivity contribution in [1.82, 2.24) is 15.5 Å². The normalized spacial score (nSPS) is 13.6. The molecule has 0 heterocycles. The van der Waals surface area contributed by atoms with Gasteiger partial charge >= 0.3 is 12.0 Å². The lowest BCUT2D eigenvalue weighted by molar-refractivity contribution is -0.141. The molecule has 110 valence electrons. The van der Waals surface area contributed by atoms with Crippen molar-refractivity contribution in [3.8, 4) is 0 Å². The molecule has 0 aliphatic rings. The second-order valence-electron chi connectivity index (χ2n) is 4.71. The van der Waals surface area contributed by atoms with Gasteiger partial charge in [0.1, 0.15) is 12.1 Å². The fraction of sp³-hybridized carbons (Fsp3) is 0.750. The molecule has 2 unspecified atom stereocenters. The Hall–Kier alpha value is -1.79. The molecule has 0 aliphatic heterocycles. The molecule has 0 saturated heterocycles. The number of hydrogen-bond donors (Lipinski definition) is 3. The van der Waals surface area contributed by atoms with Crippen LogP contribution in [0.3, 0.4) is 0 Å². The average Bonchev–Trinajstić information content (AvgIpc) is 2.27. The van der Waals surface area contributed by atoms with E-state index in [4.69, 9.17) is 5.11 Å². The molecular formula is C12H23N3O4. The van der Waals surface area contributed by atoms with Crippen LogP contribution in [-0.2, 0) is 9.59 Å². The van der Waals surface area contributed by atoms with Gasteiger partial charge in [-0.05, 0) is 27.2 Å². The van der Waals surface area contributed by atoms with E-state index in [1.165, 1.54) is 7.05 Å². The monoisotopic (exact) mass is 273 g/mol. The lowest BCUT2D eigenvalue weighted by Gasteiger charge is -2.26. The number of carboxylic acids is 1. The van der Waals surface area contributed by atoms with Crippen molar-refractivity contribution in [3.63, 3.8) is 0 Å². The number of aliphatic carboxylic acids is 1. The molecule has 7 heteroatoms. The van der Waals surface area contributed by atoms with Gasteiger partial charge in [0, 0.05) is 13.1 Å². The lowest BCUT2D eigenvalue weighted by Crippen LogP contribution is -2.53. The molecular weight excluding hydrogens is 250 g/mol. The first-order valence-electron chi connectivity index (χ1n) is 6.27. The molecule has 0 rings (SSSR count). The summed E-state index contributed by atoms with van der Waals surface area (Å²) in [5.74, 6) is -1.38. The zero-order valence-corrected chi connectivity index (χ0v) is 12.1. The number of nitrogens with zero attached hydrogens (tertiary/aromatic N) is 1. The zero-order valence-electron chi connectivity index (χ0n) is 12.1. The van der Waals surface area contributed by atoms with Gasteiger partial charge in [-0.15, -0.1) is 0 Å². The van der Waals surface area contributed by atoms with Crippen molar-refractivity contribution in [1.29, 1.82) is 0 Å². The molecule has 0 aromatic rings. The van der Waals surface area contributed by atoms with Crippen LogP contribution in [0.2, 0.25) is 0 Å². The van der Waals surface area contributed by atoms with Crippen LogP contribution >= 0.6 is 0 Å². The standard InChI is InChI=1S/C12H23N3O4/c1-6-9(11(17)18)15(5)12(19)14-8(4)10(16)13-7(2)3/h7-9H,6H2,1-5H3,(H,13,16)(H,14,19)(H,17,18).